The monoisotopic (exact) mass is 426 g/mol. The number of hydrogen-bond acceptors (Lipinski definition) is 5. The highest BCUT2D eigenvalue weighted by Gasteiger charge is 2.27. The molecule has 0 saturated heterocycles. The quantitative estimate of drug-likeness (QED) is 0.565. The highest BCUT2D eigenvalue weighted by molar-refractivity contribution is 6.02. The first-order valence-corrected chi connectivity index (χ1v) is 10.5. The van der Waals surface area contributed by atoms with E-state index in [1.165, 1.54) is 0 Å². The molecular weight excluding hydrogens is 396 g/mol. The molecule has 6 nitrogen and oxygen atoms in total. The summed E-state index contributed by atoms with van der Waals surface area (Å²) in [5, 5.41) is 8.92. The maximum absolute atomic E-state index is 12.2. The lowest BCUT2D eigenvalue weighted by Crippen LogP contribution is -2.22. The second-order valence-electron chi connectivity index (χ2n) is 8.63. The topological polar surface area (TPSA) is 82.1 Å². The Morgan fingerprint density at radius 3 is 2.42 bits per heavy atom. The Hall–Kier alpha value is -3.02. The Bertz CT molecular complexity index is 976. The van der Waals surface area contributed by atoms with Gasteiger partial charge in [-0.3, -0.25) is 9.59 Å². The molecule has 0 unspecified atom stereocenters. The molecule has 0 atom stereocenters. The number of hydrogen-bond donors (Lipinski definition) is 1. The van der Waals surface area contributed by atoms with Gasteiger partial charge in [0.2, 0.25) is 5.75 Å². The van der Waals surface area contributed by atoms with Crippen LogP contribution in [0.2, 0.25) is 0 Å². The standard InChI is InChI=1S/C25H30O6/c1-25(2,14-6-9-22(27)28)15-31-23-19(11-13-21(29-3)24(23)30-4)16-7-5-8-18-17(16)10-12-20(18)26/h5,7-8,11,13H,6,9-10,12,14-15H2,1-4H3,(H,27,28). The molecule has 2 aromatic rings. The molecule has 0 radical (unpaired) electrons. The van der Waals surface area contributed by atoms with Crippen LogP contribution in [0.3, 0.4) is 0 Å². The molecule has 0 fully saturated rings. The minimum absolute atomic E-state index is 0.140. The third-order valence-electron chi connectivity index (χ3n) is 5.72. The molecule has 166 valence electrons. The van der Waals surface area contributed by atoms with Crippen LogP contribution in [0.5, 0.6) is 17.2 Å². The molecule has 0 bridgehead atoms. The summed E-state index contributed by atoms with van der Waals surface area (Å²) in [6.07, 6.45) is 2.67. The van der Waals surface area contributed by atoms with Crippen LogP contribution in [-0.2, 0) is 11.2 Å². The maximum atomic E-state index is 12.2. The number of ether oxygens (including phenoxy) is 3. The minimum Gasteiger partial charge on any atom is -0.493 e. The van der Waals surface area contributed by atoms with Gasteiger partial charge in [-0.25, -0.2) is 0 Å². The summed E-state index contributed by atoms with van der Waals surface area (Å²) >= 11 is 0. The smallest absolute Gasteiger partial charge is 0.303 e. The molecule has 2 aromatic carbocycles. The van der Waals surface area contributed by atoms with Crippen molar-refractivity contribution < 1.29 is 28.9 Å². The third-order valence-corrected chi connectivity index (χ3v) is 5.72. The van der Waals surface area contributed by atoms with Crippen molar-refractivity contribution in [3.8, 4) is 28.4 Å². The number of carbonyl (C=O) groups is 2. The van der Waals surface area contributed by atoms with Crippen LogP contribution in [0.25, 0.3) is 11.1 Å². The minimum atomic E-state index is -0.791. The number of ketones is 1. The lowest BCUT2D eigenvalue weighted by molar-refractivity contribution is -0.137. The Balaban J connectivity index is 1.97. The summed E-state index contributed by atoms with van der Waals surface area (Å²) in [4.78, 5) is 23.1. The Morgan fingerprint density at radius 2 is 1.74 bits per heavy atom. The average Bonchev–Trinajstić information content (AvgIpc) is 3.12. The number of carbonyl (C=O) groups excluding carboxylic acids is 1. The predicted molar refractivity (Wildman–Crippen MR) is 118 cm³/mol. The van der Waals surface area contributed by atoms with E-state index in [1.54, 1.807) is 14.2 Å². The zero-order valence-corrected chi connectivity index (χ0v) is 18.6. The molecule has 1 aliphatic rings. The largest absolute Gasteiger partial charge is 0.493 e. The van der Waals surface area contributed by atoms with E-state index >= 15 is 0 Å². The molecule has 1 N–H and O–H groups in total. The van der Waals surface area contributed by atoms with Gasteiger partial charge in [-0.05, 0) is 47.9 Å². The molecule has 1 aliphatic carbocycles. The van der Waals surface area contributed by atoms with Gasteiger partial charge in [0.25, 0.3) is 0 Å². The van der Waals surface area contributed by atoms with Gasteiger partial charge in [0.1, 0.15) is 0 Å². The fraction of sp³-hybridized carbons (Fsp3) is 0.440. The SMILES string of the molecule is COc1ccc(-c2cccc3c2CCC3=O)c(OCC(C)(C)CCCC(=O)O)c1OC. The molecule has 0 heterocycles. The first kappa shape index (κ1) is 22.7. The Morgan fingerprint density at radius 1 is 1.00 bits per heavy atom. The molecule has 0 aliphatic heterocycles. The van der Waals surface area contributed by atoms with Crippen LogP contribution in [0.4, 0.5) is 0 Å². The van der Waals surface area contributed by atoms with Crippen LogP contribution in [0.1, 0.15) is 55.5 Å². The second kappa shape index (κ2) is 9.41. The molecule has 31 heavy (non-hydrogen) atoms. The highest BCUT2D eigenvalue weighted by Crippen LogP contribution is 2.47. The normalized spacial score (nSPS) is 13.1. The number of benzene rings is 2. The Kier molecular flexibility index (Phi) is 6.88. The maximum Gasteiger partial charge on any atom is 0.303 e. The van der Waals surface area contributed by atoms with Crippen molar-refractivity contribution >= 4 is 11.8 Å². The fourth-order valence-corrected chi connectivity index (χ4v) is 4.05. The molecular formula is C25H30O6. The van der Waals surface area contributed by atoms with Crippen molar-refractivity contribution in [2.45, 2.75) is 46.0 Å². The van der Waals surface area contributed by atoms with Crippen LogP contribution >= 0.6 is 0 Å². The van der Waals surface area contributed by atoms with Gasteiger partial charge < -0.3 is 19.3 Å². The number of carboxylic acid groups (broad SMARTS) is 1. The van der Waals surface area contributed by atoms with Crippen molar-refractivity contribution in [2.75, 3.05) is 20.8 Å². The lowest BCUT2D eigenvalue weighted by Gasteiger charge is -2.26. The number of carboxylic acids is 1. The van der Waals surface area contributed by atoms with Crippen molar-refractivity contribution in [2.24, 2.45) is 5.41 Å². The molecule has 6 heteroatoms. The molecule has 0 saturated carbocycles. The zero-order valence-electron chi connectivity index (χ0n) is 18.6. The number of rotatable bonds is 10. The molecule has 0 amide bonds. The van der Waals surface area contributed by atoms with Crippen LogP contribution in [-0.4, -0.2) is 37.7 Å². The van der Waals surface area contributed by atoms with Gasteiger partial charge in [-0.15, -0.1) is 0 Å². The fourth-order valence-electron chi connectivity index (χ4n) is 4.05. The molecule has 0 aromatic heterocycles. The average molecular weight is 427 g/mol. The van der Waals surface area contributed by atoms with E-state index in [2.05, 4.69) is 13.8 Å². The third kappa shape index (κ3) is 5.01. The van der Waals surface area contributed by atoms with E-state index < -0.39 is 5.97 Å². The summed E-state index contributed by atoms with van der Waals surface area (Å²) in [7, 11) is 3.15. The van der Waals surface area contributed by atoms with E-state index in [-0.39, 0.29) is 17.6 Å². The second-order valence-corrected chi connectivity index (χ2v) is 8.63. The van der Waals surface area contributed by atoms with Crippen molar-refractivity contribution in [3.63, 3.8) is 0 Å². The summed E-state index contributed by atoms with van der Waals surface area (Å²) in [6, 6.07) is 9.56. The first-order chi connectivity index (χ1) is 14.8. The highest BCUT2D eigenvalue weighted by atomic mass is 16.5. The number of fused-ring (bicyclic) bond motifs is 1. The van der Waals surface area contributed by atoms with E-state index in [0.29, 0.717) is 43.1 Å². The van der Waals surface area contributed by atoms with E-state index in [9.17, 15) is 9.59 Å². The van der Waals surface area contributed by atoms with Gasteiger partial charge in [-0.2, -0.15) is 0 Å². The summed E-state index contributed by atoms with van der Waals surface area (Å²) in [5.74, 6) is 1.01. The van der Waals surface area contributed by atoms with Crippen molar-refractivity contribution in [1.29, 1.82) is 0 Å². The number of aliphatic carboxylic acids is 1. The van der Waals surface area contributed by atoms with E-state index in [1.807, 2.05) is 30.3 Å². The van der Waals surface area contributed by atoms with Crippen molar-refractivity contribution in [1.82, 2.24) is 0 Å². The summed E-state index contributed by atoms with van der Waals surface area (Å²) in [5.41, 5.74) is 3.39. The van der Waals surface area contributed by atoms with E-state index in [4.69, 9.17) is 19.3 Å². The van der Waals surface area contributed by atoms with Crippen LogP contribution in [0, 0.1) is 5.41 Å². The van der Waals surface area contributed by atoms with Crippen LogP contribution < -0.4 is 14.2 Å². The zero-order chi connectivity index (χ0) is 22.6. The predicted octanol–water partition coefficient (Wildman–Crippen LogP) is 5.16. The first-order valence-electron chi connectivity index (χ1n) is 10.5. The van der Waals surface area contributed by atoms with Gasteiger partial charge in [0.15, 0.2) is 17.3 Å². The van der Waals surface area contributed by atoms with Gasteiger partial charge in [0, 0.05) is 24.0 Å². The summed E-state index contributed by atoms with van der Waals surface area (Å²) in [6.45, 7) is 4.50. The van der Waals surface area contributed by atoms with Crippen LogP contribution in [0.15, 0.2) is 30.3 Å². The molecule has 3 rings (SSSR count). The van der Waals surface area contributed by atoms with Gasteiger partial charge >= 0.3 is 5.97 Å². The molecule has 0 spiro atoms. The lowest BCUT2D eigenvalue weighted by atomic mass is 9.88. The van der Waals surface area contributed by atoms with Crippen molar-refractivity contribution in [3.05, 3.63) is 41.5 Å². The summed E-state index contributed by atoms with van der Waals surface area (Å²) < 4.78 is 17.5. The van der Waals surface area contributed by atoms with Gasteiger partial charge in [-0.1, -0.05) is 32.0 Å². The number of Topliss-reactive ketones (excluding diaryl/α,β-unsaturated/α-hetero) is 1. The Labute approximate surface area is 183 Å². The van der Waals surface area contributed by atoms with E-state index in [0.717, 1.165) is 28.7 Å². The number of methoxy groups -OCH3 is 2. The van der Waals surface area contributed by atoms with Gasteiger partial charge in [0.05, 0.1) is 20.8 Å².